The maximum absolute atomic E-state index is 13.9. The van der Waals surface area contributed by atoms with Crippen molar-refractivity contribution in [2.24, 2.45) is 5.41 Å². The van der Waals surface area contributed by atoms with Gasteiger partial charge in [-0.2, -0.15) is 4.31 Å². The molecule has 2 bridgehead atoms. The summed E-state index contributed by atoms with van der Waals surface area (Å²) in [6, 6.07) is 23.0. The smallest absolute Gasteiger partial charge is 0.228 e. The first kappa shape index (κ1) is 33.3. The molecule has 0 aliphatic heterocycles. The number of carbonyl (C=O) groups excluding carboxylic acids is 1. The topological polar surface area (TPSA) is 108 Å². The van der Waals surface area contributed by atoms with E-state index in [2.05, 4.69) is 19.9 Å². The number of benzene rings is 3. The summed E-state index contributed by atoms with van der Waals surface area (Å²) < 4.78 is 33.8. The van der Waals surface area contributed by atoms with Crippen molar-refractivity contribution in [2.75, 3.05) is 12.8 Å². The summed E-state index contributed by atoms with van der Waals surface area (Å²) in [5.74, 6) is -0.233. The third-order valence-corrected chi connectivity index (χ3v) is 12.0. The van der Waals surface area contributed by atoms with Gasteiger partial charge < -0.3 is 14.6 Å². The normalized spacial score (nSPS) is 25.4. The summed E-state index contributed by atoms with van der Waals surface area (Å²) in [5.41, 5.74) is 2.11. The fourth-order valence-corrected chi connectivity index (χ4v) is 8.76. The number of ketones is 1. The maximum atomic E-state index is 13.9. The number of sulfonamides is 1. The summed E-state index contributed by atoms with van der Waals surface area (Å²) in [7, 11) is -3.71. The molecule has 0 radical (unpaired) electrons. The van der Waals surface area contributed by atoms with Crippen LogP contribution in [0, 0.1) is 5.41 Å². The second kappa shape index (κ2) is 13.2. The molecule has 1 heterocycles. The molecular formula is C39H45NO6S. The van der Waals surface area contributed by atoms with Crippen molar-refractivity contribution in [3.8, 4) is 0 Å². The second-order valence-electron chi connectivity index (χ2n) is 13.9. The van der Waals surface area contributed by atoms with Crippen molar-refractivity contribution in [2.45, 2.75) is 83.0 Å². The first-order valence-electron chi connectivity index (χ1n) is 16.6. The standard InChI is InChI=1S/C39H45NO6S/c1-27-9-7-20-38(2)35(33-18-16-28(23-31(41)17-15-27)24-34(33)37(42)36-14-8-22-46-36)19-21-39(38,43)26-40(47(3,44)45)25-30-12-6-11-29-10-4-5-13-32(29)30/h4-6,8-14,16,18,22,24,31,35,41,43H,7,15,17,19-21,23,25-26H2,1-3H3/t31-,35-,38-,39+/m0/s1. The van der Waals surface area contributed by atoms with Crippen LogP contribution in [0.1, 0.15) is 91.1 Å². The van der Waals surface area contributed by atoms with Crippen LogP contribution >= 0.6 is 0 Å². The Bertz CT molecular complexity index is 1890. The Labute approximate surface area is 278 Å². The van der Waals surface area contributed by atoms with Gasteiger partial charge in [0.2, 0.25) is 15.8 Å². The number of rotatable bonds is 7. The lowest BCUT2D eigenvalue weighted by atomic mass is 9.65. The highest BCUT2D eigenvalue weighted by molar-refractivity contribution is 7.88. The Balaban J connectivity index is 1.43. The zero-order valence-electron chi connectivity index (χ0n) is 27.5. The summed E-state index contributed by atoms with van der Waals surface area (Å²) in [4.78, 5) is 13.9. The lowest BCUT2D eigenvalue weighted by molar-refractivity contribution is -0.0731. The molecule has 3 aromatic carbocycles. The van der Waals surface area contributed by atoms with Crippen molar-refractivity contribution in [3.63, 3.8) is 0 Å². The SMILES string of the molecule is CC1=CCC[C@@]2(C)[C@@H](CC[C@@]2(O)CN(Cc2cccc3ccccc23)S(C)(=O)=O)c2ccc(cc2C(=O)c2ccco2)C[C@@H](O)CC1. The van der Waals surface area contributed by atoms with Gasteiger partial charge in [0.05, 0.1) is 24.2 Å². The molecule has 4 atom stereocenters. The number of hydrogen-bond acceptors (Lipinski definition) is 6. The molecule has 3 aliphatic carbocycles. The van der Waals surface area contributed by atoms with Crippen LogP contribution in [0.2, 0.25) is 0 Å². The van der Waals surface area contributed by atoms with Crippen LogP contribution in [0.4, 0.5) is 0 Å². The van der Waals surface area contributed by atoms with Gasteiger partial charge in [-0.15, -0.1) is 0 Å². The minimum absolute atomic E-state index is 0.0590. The number of furan rings is 1. The van der Waals surface area contributed by atoms with Gasteiger partial charge in [-0.25, -0.2) is 8.42 Å². The third kappa shape index (κ3) is 6.74. The molecule has 7 nitrogen and oxygen atoms in total. The van der Waals surface area contributed by atoms with E-state index < -0.39 is 27.1 Å². The Morgan fingerprint density at radius 3 is 2.57 bits per heavy atom. The van der Waals surface area contributed by atoms with Crippen molar-refractivity contribution in [1.82, 2.24) is 4.31 Å². The van der Waals surface area contributed by atoms with E-state index in [1.165, 1.54) is 22.4 Å². The van der Waals surface area contributed by atoms with Gasteiger partial charge >= 0.3 is 0 Å². The predicted octanol–water partition coefficient (Wildman–Crippen LogP) is 7.16. The van der Waals surface area contributed by atoms with Crippen LogP contribution in [0.3, 0.4) is 0 Å². The minimum Gasteiger partial charge on any atom is -0.461 e. The van der Waals surface area contributed by atoms with Gasteiger partial charge in [-0.05, 0) is 103 Å². The fourth-order valence-electron chi connectivity index (χ4n) is 7.94. The maximum Gasteiger partial charge on any atom is 0.228 e. The molecule has 1 aromatic heterocycles. The highest BCUT2D eigenvalue weighted by Crippen LogP contribution is 2.59. The van der Waals surface area contributed by atoms with Gasteiger partial charge in [-0.1, -0.05) is 73.2 Å². The lowest BCUT2D eigenvalue weighted by Gasteiger charge is -2.45. The van der Waals surface area contributed by atoms with E-state index in [0.717, 1.165) is 33.9 Å². The lowest BCUT2D eigenvalue weighted by Crippen LogP contribution is -2.53. The van der Waals surface area contributed by atoms with Crippen LogP contribution < -0.4 is 0 Å². The van der Waals surface area contributed by atoms with E-state index in [0.29, 0.717) is 44.1 Å². The summed E-state index contributed by atoms with van der Waals surface area (Å²) in [6.45, 7) is 4.22. The largest absolute Gasteiger partial charge is 0.461 e. The van der Waals surface area contributed by atoms with E-state index in [-0.39, 0.29) is 30.6 Å². The van der Waals surface area contributed by atoms with Gasteiger partial charge in [0, 0.05) is 24.1 Å². The molecule has 3 aliphatic rings. The molecule has 0 amide bonds. The van der Waals surface area contributed by atoms with Crippen molar-refractivity contribution >= 4 is 26.6 Å². The monoisotopic (exact) mass is 655 g/mol. The Morgan fingerprint density at radius 1 is 1.02 bits per heavy atom. The molecule has 248 valence electrons. The Hall–Kier alpha value is -3.56. The number of hydrogen-bond donors (Lipinski definition) is 2. The number of fused-ring (bicyclic) bond motifs is 9. The molecule has 0 saturated heterocycles. The predicted molar refractivity (Wildman–Crippen MR) is 185 cm³/mol. The molecule has 1 saturated carbocycles. The number of nitrogens with zero attached hydrogens (tertiary/aromatic N) is 1. The van der Waals surface area contributed by atoms with Gasteiger partial charge in [0.25, 0.3) is 0 Å². The van der Waals surface area contributed by atoms with E-state index in [1.807, 2.05) is 60.7 Å². The van der Waals surface area contributed by atoms with Crippen LogP contribution in [-0.4, -0.2) is 53.2 Å². The second-order valence-corrected chi connectivity index (χ2v) is 15.9. The van der Waals surface area contributed by atoms with E-state index in [1.54, 1.807) is 12.1 Å². The van der Waals surface area contributed by atoms with Gasteiger partial charge in [-0.3, -0.25) is 4.79 Å². The number of allylic oxidation sites excluding steroid dienone is 2. The molecule has 47 heavy (non-hydrogen) atoms. The quantitative estimate of drug-likeness (QED) is 0.162. The van der Waals surface area contributed by atoms with Gasteiger partial charge in [0.15, 0.2) is 5.76 Å². The molecule has 4 aromatic rings. The molecular weight excluding hydrogens is 610 g/mol. The first-order valence-corrected chi connectivity index (χ1v) is 18.4. The highest BCUT2D eigenvalue weighted by Gasteiger charge is 2.58. The molecule has 0 spiro atoms. The van der Waals surface area contributed by atoms with Crippen LogP contribution in [0.5, 0.6) is 0 Å². The first-order chi connectivity index (χ1) is 22.4. The molecule has 7 rings (SSSR count). The van der Waals surface area contributed by atoms with Crippen molar-refractivity contribution in [1.29, 1.82) is 0 Å². The zero-order valence-corrected chi connectivity index (χ0v) is 28.3. The van der Waals surface area contributed by atoms with Crippen molar-refractivity contribution < 1.29 is 27.8 Å². The molecule has 1 fully saturated rings. The van der Waals surface area contributed by atoms with E-state index in [4.69, 9.17) is 4.42 Å². The van der Waals surface area contributed by atoms with Crippen molar-refractivity contribution in [3.05, 3.63) is 119 Å². The average molecular weight is 656 g/mol. The van der Waals surface area contributed by atoms with E-state index in [9.17, 15) is 23.4 Å². The minimum atomic E-state index is -3.71. The average Bonchev–Trinajstić information content (AvgIpc) is 3.66. The summed E-state index contributed by atoms with van der Waals surface area (Å²) in [6.07, 6.45) is 8.35. The van der Waals surface area contributed by atoms with Crippen LogP contribution in [-0.2, 0) is 23.0 Å². The summed E-state index contributed by atoms with van der Waals surface area (Å²) in [5, 5.41) is 25.6. The third-order valence-electron chi connectivity index (χ3n) is 10.8. The molecule has 8 heteroatoms. The van der Waals surface area contributed by atoms with Crippen LogP contribution in [0.15, 0.2) is 95.1 Å². The molecule has 0 unspecified atom stereocenters. The van der Waals surface area contributed by atoms with Crippen LogP contribution in [0.25, 0.3) is 10.8 Å². The number of aliphatic hydroxyl groups is 2. The fraction of sp³-hybridized carbons (Fsp3) is 0.410. The summed E-state index contributed by atoms with van der Waals surface area (Å²) >= 11 is 0. The molecule has 2 N–H and O–H groups in total. The zero-order chi connectivity index (χ0) is 33.4. The van der Waals surface area contributed by atoms with Gasteiger partial charge in [0.1, 0.15) is 0 Å². The Morgan fingerprint density at radius 2 is 1.81 bits per heavy atom. The Kier molecular flexibility index (Phi) is 9.33. The number of carbonyl (C=O) groups is 1. The number of aliphatic hydroxyl groups excluding tert-OH is 1. The highest BCUT2D eigenvalue weighted by atomic mass is 32.2. The van der Waals surface area contributed by atoms with E-state index >= 15 is 0 Å².